The molecule has 1 unspecified atom stereocenters. The maximum Gasteiger partial charge on any atom is 0.254 e. The minimum atomic E-state index is -0.165. The molecule has 1 aliphatic rings. The number of aryl methyl sites for hydroxylation is 1. The van der Waals surface area contributed by atoms with Crippen LogP contribution < -0.4 is 15.6 Å². The molecule has 0 aromatic carbocycles. The van der Waals surface area contributed by atoms with E-state index in [-0.39, 0.29) is 11.7 Å². The van der Waals surface area contributed by atoms with Crippen LogP contribution in [-0.2, 0) is 0 Å². The first-order valence-corrected chi connectivity index (χ1v) is 5.19. The maximum atomic E-state index is 11.2. The molecule has 15 heavy (non-hydrogen) atoms. The number of nitrogens with zero attached hydrogens (tertiary/aromatic N) is 1. The lowest BCUT2D eigenvalue weighted by atomic mass is 10.1. The summed E-state index contributed by atoms with van der Waals surface area (Å²) >= 11 is 0. The van der Waals surface area contributed by atoms with Crippen molar-refractivity contribution in [3.05, 3.63) is 22.2 Å². The molecule has 0 bridgehead atoms. The van der Waals surface area contributed by atoms with Crippen LogP contribution in [0.15, 0.2) is 10.9 Å². The van der Waals surface area contributed by atoms with Crippen molar-refractivity contribution in [1.29, 1.82) is 0 Å². The molecule has 1 atom stereocenters. The molecule has 5 nitrogen and oxygen atoms in total. The summed E-state index contributed by atoms with van der Waals surface area (Å²) in [5, 5.41) is 3.25. The fraction of sp³-hybridized carbons (Fsp3) is 0.600. The molecule has 1 aliphatic heterocycles. The monoisotopic (exact) mass is 209 g/mol. The Kier molecular flexibility index (Phi) is 3.01. The fourth-order valence-corrected chi connectivity index (χ4v) is 1.70. The predicted molar refractivity (Wildman–Crippen MR) is 56.1 cm³/mol. The SMILES string of the molecule is Cc1nc(OC2CCCNC2)cc(=O)[nH]1. The lowest BCUT2D eigenvalue weighted by Gasteiger charge is -2.23. The Morgan fingerprint density at radius 3 is 3.13 bits per heavy atom. The van der Waals surface area contributed by atoms with E-state index in [0.717, 1.165) is 25.9 Å². The number of piperidine rings is 1. The summed E-state index contributed by atoms with van der Waals surface area (Å²) in [7, 11) is 0. The summed E-state index contributed by atoms with van der Waals surface area (Å²) in [6, 6.07) is 1.39. The summed E-state index contributed by atoms with van der Waals surface area (Å²) in [5.74, 6) is 1.01. The Hall–Kier alpha value is -1.36. The number of hydrogen-bond donors (Lipinski definition) is 2. The normalized spacial score (nSPS) is 21.3. The number of rotatable bonds is 2. The van der Waals surface area contributed by atoms with Gasteiger partial charge in [0.2, 0.25) is 5.88 Å². The number of ether oxygens (including phenoxy) is 1. The topological polar surface area (TPSA) is 67.0 Å². The minimum Gasteiger partial charge on any atom is -0.473 e. The van der Waals surface area contributed by atoms with Gasteiger partial charge in [-0.05, 0) is 26.3 Å². The van der Waals surface area contributed by atoms with Gasteiger partial charge in [-0.1, -0.05) is 0 Å². The Labute approximate surface area is 87.9 Å². The van der Waals surface area contributed by atoms with Crippen molar-refractivity contribution >= 4 is 0 Å². The Morgan fingerprint density at radius 1 is 1.60 bits per heavy atom. The highest BCUT2D eigenvalue weighted by molar-refractivity contribution is 5.08. The summed E-state index contributed by atoms with van der Waals surface area (Å²) in [6.45, 7) is 3.61. The molecule has 0 spiro atoms. The summed E-state index contributed by atoms with van der Waals surface area (Å²) < 4.78 is 5.62. The lowest BCUT2D eigenvalue weighted by Crippen LogP contribution is -2.37. The average molecular weight is 209 g/mol. The molecular weight excluding hydrogens is 194 g/mol. The van der Waals surface area contributed by atoms with E-state index in [9.17, 15) is 4.79 Å². The minimum absolute atomic E-state index is 0.132. The van der Waals surface area contributed by atoms with Crippen molar-refractivity contribution in [1.82, 2.24) is 15.3 Å². The van der Waals surface area contributed by atoms with Gasteiger partial charge in [-0.15, -0.1) is 0 Å². The van der Waals surface area contributed by atoms with Crippen LogP contribution in [0, 0.1) is 6.92 Å². The van der Waals surface area contributed by atoms with Crippen molar-refractivity contribution in [3.8, 4) is 5.88 Å². The molecule has 1 aromatic rings. The second kappa shape index (κ2) is 4.44. The van der Waals surface area contributed by atoms with E-state index in [2.05, 4.69) is 15.3 Å². The Balaban J connectivity index is 2.06. The van der Waals surface area contributed by atoms with Gasteiger partial charge >= 0.3 is 0 Å². The number of H-pyrrole nitrogens is 1. The summed E-state index contributed by atoms with van der Waals surface area (Å²) in [5.41, 5.74) is -0.165. The van der Waals surface area contributed by atoms with Crippen LogP contribution in [0.25, 0.3) is 0 Å². The number of hydrogen-bond acceptors (Lipinski definition) is 4. The molecule has 1 saturated heterocycles. The maximum absolute atomic E-state index is 11.2. The molecule has 0 saturated carbocycles. The number of aromatic nitrogens is 2. The second-order valence-corrected chi connectivity index (χ2v) is 3.76. The molecule has 2 heterocycles. The molecule has 2 N–H and O–H groups in total. The molecule has 1 fully saturated rings. The first kappa shape index (κ1) is 10.2. The fourth-order valence-electron chi connectivity index (χ4n) is 1.70. The van der Waals surface area contributed by atoms with Crippen LogP contribution in [-0.4, -0.2) is 29.2 Å². The molecule has 0 radical (unpaired) electrons. The van der Waals surface area contributed by atoms with Gasteiger partial charge in [-0.2, -0.15) is 0 Å². The van der Waals surface area contributed by atoms with Gasteiger partial charge in [-0.25, -0.2) is 4.98 Å². The van der Waals surface area contributed by atoms with E-state index in [1.54, 1.807) is 6.92 Å². The lowest BCUT2D eigenvalue weighted by molar-refractivity contribution is 0.160. The number of aromatic amines is 1. The molecule has 0 amide bonds. The van der Waals surface area contributed by atoms with Crippen LogP contribution in [0.4, 0.5) is 0 Å². The second-order valence-electron chi connectivity index (χ2n) is 3.76. The zero-order valence-corrected chi connectivity index (χ0v) is 8.75. The van der Waals surface area contributed by atoms with E-state index in [4.69, 9.17) is 4.74 Å². The molecule has 0 aliphatic carbocycles. The van der Waals surface area contributed by atoms with E-state index in [0.29, 0.717) is 11.7 Å². The summed E-state index contributed by atoms with van der Waals surface area (Å²) in [6.07, 6.45) is 2.25. The van der Waals surface area contributed by atoms with Crippen molar-refractivity contribution in [3.63, 3.8) is 0 Å². The number of nitrogens with one attached hydrogen (secondary N) is 2. The molecule has 1 aromatic heterocycles. The van der Waals surface area contributed by atoms with Gasteiger partial charge in [0.15, 0.2) is 0 Å². The van der Waals surface area contributed by atoms with Gasteiger partial charge in [-0.3, -0.25) is 4.79 Å². The quantitative estimate of drug-likeness (QED) is 0.730. The molecule has 5 heteroatoms. The van der Waals surface area contributed by atoms with Gasteiger partial charge in [0, 0.05) is 6.54 Å². The van der Waals surface area contributed by atoms with Crippen LogP contribution in [0.1, 0.15) is 18.7 Å². The largest absolute Gasteiger partial charge is 0.473 e. The highest BCUT2D eigenvalue weighted by atomic mass is 16.5. The van der Waals surface area contributed by atoms with Crippen molar-refractivity contribution in [2.75, 3.05) is 13.1 Å². The third kappa shape index (κ3) is 2.79. The predicted octanol–water partition coefficient (Wildman–Crippen LogP) is 0.209. The highest BCUT2D eigenvalue weighted by Gasteiger charge is 2.15. The first-order chi connectivity index (χ1) is 7.24. The van der Waals surface area contributed by atoms with Crippen molar-refractivity contribution in [2.24, 2.45) is 0 Å². The van der Waals surface area contributed by atoms with Crippen LogP contribution >= 0.6 is 0 Å². The third-order valence-corrected chi connectivity index (χ3v) is 2.38. The van der Waals surface area contributed by atoms with Gasteiger partial charge in [0.25, 0.3) is 5.56 Å². The standard InChI is InChI=1S/C10H15N3O2/c1-7-12-9(14)5-10(13-7)15-8-3-2-4-11-6-8/h5,8,11H,2-4,6H2,1H3,(H,12,13,14). The third-order valence-electron chi connectivity index (χ3n) is 2.38. The molecular formula is C10H15N3O2. The zero-order chi connectivity index (χ0) is 10.7. The molecule has 2 rings (SSSR count). The van der Waals surface area contributed by atoms with Gasteiger partial charge < -0.3 is 15.0 Å². The van der Waals surface area contributed by atoms with E-state index in [1.807, 2.05) is 0 Å². The smallest absolute Gasteiger partial charge is 0.254 e. The van der Waals surface area contributed by atoms with Gasteiger partial charge in [0.05, 0.1) is 6.07 Å². The average Bonchev–Trinajstić information content (AvgIpc) is 2.17. The van der Waals surface area contributed by atoms with Crippen LogP contribution in [0.2, 0.25) is 0 Å². The Bertz CT molecular complexity index is 382. The summed E-state index contributed by atoms with van der Waals surface area (Å²) in [4.78, 5) is 17.9. The van der Waals surface area contributed by atoms with Crippen LogP contribution in [0.3, 0.4) is 0 Å². The zero-order valence-electron chi connectivity index (χ0n) is 8.75. The molecule has 82 valence electrons. The van der Waals surface area contributed by atoms with Crippen molar-refractivity contribution < 1.29 is 4.74 Å². The van der Waals surface area contributed by atoms with Crippen molar-refractivity contribution in [2.45, 2.75) is 25.9 Å². The first-order valence-electron chi connectivity index (χ1n) is 5.19. The van der Waals surface area contributed by atoms with Crippen LogP contribution in [0.5, 0.6) is 5.88 Å². The Morgan fingerprint density at radius 2 is 2.47 bits per heavy atom. The van der Waals surface area contributed by atoms with E-state index in [1.165, 1.54) is 6.07 Å². The van der Waals surface area contributed by atoms with E-state index < -0.39 is 0 Å². The van der Waals surface area contributed by atoms with Gasteiger partial charge in [0.1, 0.15) is 11.9 Å². The highest BCUT2D eigenvalue weighted by Crippen LogP contribution is 2.10. The van der Waals surface area contributed by atoms with E-state index >= 15 is 0 Å².